The minimum absolute atomic E-state index is 0.0131. The van der Waals surface area contributed by atoms with Crippen LogP contribution in [0.25, 0.3) is 0 Å². The van der Waals surface area contributed by atoms with Crippen LogP contribution in [0.1, 0.15) is 20.8 Å². The van der Waals surface area contributed by atoms with Crippen LogP contribution in [0, 0.1) is 5.41 Å². The summed E-state index contributed by atoms with van der Waals surface area (Å²) in [6, 6.07) is 0. The van der Waals surface area contributed by atoms with E-state index in [1.54, 1.807) is 0 Å². The zero-order valence-corrected chi connectivity index (χ0v) is 10.5. The number of rotatable bonds is 3. The highest BCUT2D eigenvalue weighted by Gasteiger charge is 2.49. The molecule has 15 heavy (non-hydrogen) atoms. The third kappa shape index (κ3) is 2.71. The van der Waals surface area contributed by atoms with E-state index < -0.39 is 0 Å². The second kappa shape index (κ2) is 3.72. The van der Waals surface area contributed by atoms with Gasteiger partial charge in [0, 0.05) is 38.1 Å². The molecule has 0 amide bonds. The molecule has 2 aliphatic rings. The van der Waals surface area contributed by atoms with Crippen LogP contribution in [0.15, 0.2) is 0 Å². The van der Waals surface area contributed by atoms with E-state index in [1.165, 1.54) is 26.2 Å². The van der Waals surface area contributed by atoms with Gasteiger partial charge in [-0.15, -0.1) is 0 Å². The molecule has 3 nitrogen and oxygen atoms in total. The van der Waals surface area contributed by atoms with Crippen molar-refractivity contribution in [3.8, 4) is 0 Å². The first-order valence-corrected chi connectivity index (χ1v) is 5.94. The van der Waals surface area contributed by atoms with Crippen molar-refractivity contribution in [3.63, 3.8) is 0 Å². The number of hydrogen-bond acceptors (Lipinski definition) is 3. The molecule has 0 aromatic rings. The average molecular weight is 212 g/mol. The summed E-state index contributed by atoms with van der Waals surface area (Å²) in [7, 11) is 2.20. The Morgan fingerprint density at radius 1 is 1.13 bits per heavy atom. The van der Waals surface area contributed by atoms with E-state index in [2.05, 4.69) is 37.6 Å². The highest BCUT2D eigenvalue weighted by molar-refractivity contribution is 5.04. The molecule has 0 aromatic heterocycles. The van der Waals surface area contributed by atoms with Gasteiger partial charge < -0.3 is 9.64 Å². The van der Waals surface area contributed by atoms with Gasteiger partial charge in [-0.1, -0.05) is 0 Å². The van der Waals surface area contributed by atoms with Crippen molar-refractivity contribution in [1.29, 1.82) is 0 Å². The summed E-state index contributed by atoms with van der Waals surface area (Å²) in [6.45, 7) is 13.5. The van der Waals surface area contributed by atoms with E-state index in [0.717, 1.165) is 13.2 Å². The zero-order valence-electron chi connectivity index (χ0n) is 10.5. The number of nitrogens with zero attached hydrogens (tertiary/aromatic N) is 2. The molecule has 0 bridgehead atoms. The van der Waals surface area contributed by atoms with Crippen LogP contribution >= 0.6 is 0 Å². The molecule has 0 radical (unpaired) electrons. The Bertz CT molecular complexity index is 220. The molecule has 0 saturated carbocycles. The first kappa shape index (κ1) is 11.4. The van der Waals surface area contributed by atoms with Crippen LogP contribution in [-0.2, 0) is 4.74 Å². The Kier molecular flexibility index (Phi) is 2.82. The van der Waals surface area contributed by atoms with E-state index in [9.17, 15) is 0 Å². The number of hydrogen-bond donors (Lipinski definition) is 0. The molecule has 0 unspecified atom stereocenters. The molecular formula is C12H24N2O. The van der Waals surface area contributed by atoms with Crippen molar-refractivity contribution in [3.05, 3.63) is 0 Å². The van der Waals surface area contributed by atoms with Gasteiger partial charge in [0.2, 0.25) is 0 Å². The van der Waals surface area contributed by atoms with E-state index >= 15 is 0 Å². The maximum atomic E-state index is 5.72. The maximum Gasteiger partial charge on any atom is 0.0600 e. The van der Waals surface area contributed by atoms with Crippen LogP contribution in [0.5, 0.6) is 0 Å². The van der Waals surface area contributed by atoms with Crippen molar-refractivity contribution in [2.24, 2.45) is 5.41 Å². The van der Waals surface area contributed by atoms with Gasteiger partial charge in [0.05, 0.1) is 12.2 Å². The summed E-state index contributed by atoms with van der Waals surface area (Å²) >= 11 is 0. The van der Waals surface area contributed by atoms with E-state index in [4.69, 9.17) is 4.74 Å². The van der Waals surface area contributed by atoms with Crippen molar-refractivity contribution >= 4 is 0 Å². The van der Waals surface area contributed by atoms with Gasteiger partial charge in [-0.25, -0.2) is 0 Å². The van der Waals surface area contributed by atoms with Gasteiger partial charge >= 0.3 is 0 Å². The molecule has 0 aromatic carbocycles. The Balaban J connectivity index is 1.57. The lowest BCUT2D eigenvalue weighted by molar-refractivity contribution is -0.116. The normalized spacial score (nSPS) is 26.4. The molecule has 2 rings (SSSR count). The Hall–Kier alpha value is -0.120. The standard InChI is InChI=1S/C12H24N2O/c1-11(2,3)15-6-5-14-9-12(10-14)7-13(4)8-12/h5-10H2,1-4H3. The second-order valence-corrected chi connectivity index (χ2v) is 6.34. The summed E-state index contributed by atoms with van der Waals surface area (Å²) < 4.78 is 5.72. The van der Waals surface area contributed by atoms with Crippen LogP contribution < -0.4 is 0 Å². The molecule has 2 heterocycles. The van der Waals surface area contributed by atoms with Crippen LogP contribution in [-0.4, -0.2) is 61.8 Å². The largest absolute Gasteiger partial charge is 0.375 e. The molecular weight excluding hydrogens is 188 g/mol. The van der Waals surface area contributed by atoms with Gasteiger partial charge in [0.1, 0.15) is 0 Å². The highest BCUT2D eigenvalue weighted by atomic mass is 16.5. The van der Waals surface area contributed by atoms with E-state index in [1.807, 2.05) is 0 Å². The Labute approximate surface area is 93.4 Å². The lowest BCUT2D eigenvalue weighted by Gasteiger charge is -2.59. The average Bonchev–Trinajstić information content (AvgIpc) is 1.94. The lowest BCUT2D eigenvalue weighted by Crippen LogP contribution is -2.71. The lowest BCUT2D eigenvalue weighted by atomic mass is 9.73. The van der Waals surface area contributed by atoms with Gasteiger partial charge in [-0.05, 0) is 27.8 Å². The predicted molar refractivity (Wildman–Crippen MR) is 62.1 cm³/mol. The molecule has 88 valence electrons. The minimum Gasteiger partial charge on any atom is -0.375 e. The fourth-order valence-corrected chi connectivity index (χ4v) is 2.84. The van der Waals surface area contributed by atoms with Gasteiger partial charge in [0.25, 0.3) is 0 Å². The first-order valence-electron chi connectivity index (χ1n) is 5.94. The van der Waals surface area contributed by atoms with Crippen molar-refractivity contribution < 1.29 is 4.74 Å². The van der Waals surface area contributed by atoms with E-state index in [-0.39, 0.29) is 5.60 Å². The van der Waals surface area contributed by atoms with Gasteiger partial charge in [0.15, 0.2) is 0 Å². The van der Waals surface area contributed by atoms with E-state index in [0.29, 0.717) is 5.41 Å². The van der Waals surface area contributed by atoms with Crippen LogP contribution in [0.4, 0.5) is 0 Å². The fraction of sp³-hybridized carbons (Fsp3) is 1.00. The minimum atomic E-state index is 0.0131. The summed E-state index contributed by atoms with van der Waals surface area (Å²) in [5.41, 5.74) is 0.676. The fourth-order valence-electron chi connectivity index (χ4n) is 2.84. The summed E-state index contributed by atoms with van der Waals surface area (Å²) in [5.74, 6) is 0. The Morgan fingerprint density at radius 2 is 1.73 bits per heavy atom. The number of ether oxygens (including phenoxy) is 1. The molecule has 2 fully saturated rings. The number of likely N-dealkylation sites (tertiary alicyclic amines) is 2. The predicted octanol–water partition coefficient (Wildman–Crippen LogP) is 1.05. The molecule has 0 aliphatic carbocycles. The SMILES string of the molecule is CN1CC2(C1)CN(CCOC(C)(C)C)C2. The third-order valence-electron chi connectivity index (χ3n) is 3.27. The first-order chi connectivity index (χ1) is 6.89. The monoisotopic (exact) mass is 212 g/mol. The molecule has 0 N–H and O–H groups in total. The molecule has 3 heteroatoms. The molecule has 1 spiro atoms. The molecule has 2 saturated heterocycles. The van der Waals surface area contributed by atoms with Crippen molar-refractivity contribution in [2.45, 2.75) is 26.4 Å². The van der Waals surface area contributed by atoms with Crippen molar-refractivity contribution in [2.75, 3.05) is 46.4 Å². The van der Waals surface area contributed by atoms with Crippen LogP contribution in [0.2, 0.25) is 0 Å². The van der Waals surface area contributed by atoms with Crippen molar-refractivity contribution in [1.82, 2.24) is 9.80 Å². The summed E-state index contributed by atoms with van der Waals surface area (Å²) in [4.78, 5) is 4.92. The summed E-state index contributed by atoms with van der Waals surface area (Å²) in [5, 5.41) is 0. The van der Waals surface area contributed by atoms with Gasteiger partial charge in [-0.2, -0.15) is 0 Å². The highest BCUT2D eigenvalue weighted by Crippen LogP contribution is 2.38. The van der Waals surface area contributed by atoms with Gasteiger partial charge in [-0.3, -0.25) is 4.90 Å². The smallest absolute Gasteiger partial charge is 0.0600 e. The maximum absolute atomic E-state index is 5.72. The molecule has 2 aliphatic heterocycles. The Morgan fingerprint density at radius 3 is 2.20 bits per heavy atom. The third-order valence-corrected chi connectivity index (χ3v) is 3.27. The topological polar surface area (TPSA) is 15.7 Å². The summed E-state index contributed by atoms with van der Waals surface area (Å²) in [6.07, 6.45) is 0. The zero-order chi connectivity index (χ0) is 11.1. The van der Waals surface area contributed by atoms with Crippen LogP contribution in [0.3, 0.4) is 0 Å². The quantitative estimate of drug-likeness (QED) is 0.695. The second-order valence-electron chi connectivity index (χ2n) is 6.34. The molecule has 0 atom stereocenters.